The zero-order valence-electron chi connectivity index (χ0n) is 13.4. The van der Waals surface area contributed by atoms with Crippen molar-refractivity contribution in [1.82, 2.24) is 0 Å². The number of amides is 1. The Bertz CT molecular complexity index is 661. The van der Waals surface area contributed by atoms with Crippen LogP contribution in [-0.4, -0.2) is 26.1 Å². The average Bonchev–Trinajstić information content (AvgIpc) is 3.10. The molecule has 1 aliphatic heterocycles. The van der Waals surface area contributed by atoms with Gasteiger partial charge in [0.15, 0.2) is 0 Å². The summed E-state index contributed by atoms with van der Waals surface area (Å²) >= 11 is 0. The molecule has 2 aromatic rings. The molecular weight excluding hydrogens is 288 g/mol. The zero-order valence-corrected chi connectivity index (χ0v) is 13.4. The third-order valence-electron chi connectivity index (χ3n) is 4.12. The normalized spacial score (nSPS) is 13.9. The number of carbonyl (C=O) groups is 1. The van der Waals surface area contributed by atoms with E-state index < -0.39 is 0 Å². The van der Waals surface area contributed by atoms with Gasteiger partial charge in [0.05, 0.1) is 13.5 Å². The third-order valence-corrected chi connectivity index (χ3v) is 4.12. The van der Waals surface area contributed by atoms with Crippen molar-refractivity contribution in [2.45, 2.75) is 19.3 Å². The van der Waals surface area contributed by atoms with Gasteiger partial charge in [-0.2, -0.15) is 0 Å². The number of rotatable bonds is 5. The largest absolute Gasteiger partial charge is 0.497 e. The lowest BCUT2D eigenvalue weighted by Gasteiger charge is -2.17. The Labute approximate surface area is 137 Å². The van der Waals surface area contributed by atoms with Crippen molar-refractivity contribution in [1.29, 1.82) is 0 Å². The maximum Gasteiger partial charge on any atom is 0.228 e. The lowest BCUT2D eigenvalue weighted by Crippen LogP contribution is -2.18. The molecule has 0 radical (unpaired) electrons. The predicted octanol–water partition coefficient (Wildman–Crippen LogP) is 3.48. The number of nitrogens with one attached hydrogen (secondary N) is 1. The first kappa shape index (κ1) is 15.4. The number of nitrogens with zero attached hydrogens (tertiary/aromatic N) is 1. The van der Waals surface area contributed by atoms with Crippen LogP contribution in [0.5, 0.6) is 5.75 Å². The topological polar surface area (TPSA) is 41.6 Å². The molecule has 0 saturated carbocycles. The van der Waals surface area contributed by atoms with E-state index in [9.17, 15) is 4.79 Å². The molecule has 23 heavy (non-hydrogen) atoms. The highest BCUT2D eigenvalue weighted by molar-refractivity contribution is 5.92. The summed E-state index contributed by atoms with van der Waals surface area (Å²) in [4.78, 5) is 14.5. The van der Waals surface area contributed by atoms with Crippen LogP contribution in [0.3, 0.4) is 0 Å². The monoisotopic (exact) mass is 310 g/mol. The number of hydrogen-bond acceptors (Lipinski definition) is 3. The van der Waals surface area contributed by atoms with E-state index in [-0.39, 0.29) is 5.91 Å². The Morgan fingerprint density at radius 2 is 1.87 bits per heavy atom. The van der Waals surface area contributed by atoms with Crippen LogP contribution in [0.2, 0.25) is 0 Å². The summed E-state index contributed by atoms with van der Waals surface area (Å²) in [5.74, 6) is 0.748. The van der Waals surface area contributed by atoms with Crippen LogP contribution >= 0.6 is 0 Å². The molecule has 3 rings (SSSR count). The molecule has 1 heterocycles. The average molecular weight is 310 g/mol. The van der Waals surface area contributed by atoms with E-state index in [0.29, 0.717) is 6.42 Å². The highest BCUT2D eigenvalue weighted by Gasteiger charge is 2.12. The van der Waals surface area contributed by atoms with Gasteiger partial charge >= 0.3 is 0 Å². The summed E-state index contributed by atoms with van der Waals surface area (Å²) in [6, 6.07) is 15.7. The SMILES string of the molecule is COc1cccc(CC(=O)Nc2ccc(N3CCCC3)cc2)c1. The molecular formula is C19H22N2O2. The van der Waals surface area contributed by atoms with Gasteiger partial charge in [-0.3, -0.25) is 4.79 Å². The van der Waals surface area contributed by atoms with Gasteiger partial charge in [-0.1, -0.05) is 12.1 Å². The van der Waals surface area contributed by atoms with Gasteiger partial charge in [-0.25, -0.2) is 0 Å². The van der Waals surface area contributed by atoms with E-state index in [1.807, 2.05) is 36.4 Å². The molecule has 4 nitrogen and oxygen atoms in total. The molecule has 1 amide bonds. The van der Waals surface area contributed by atoms with Crippen molar-refractivity contribution in [3.05, 3.63) is 54.1 Å². The molecule has 1 fully saturated rings. The molecule has 0 spiro atoms. The van der Waals surface area contributed by atoms with Gasteiger partial charge in [0.2, 0.25) is 5.91 Å². The fraction of sp³-hybridized carbons (Fsp3) is 0.316. The van der Waals surface area contributed by atoms with Crippen molar-refractivity contribution in [3.63, 3.8) is 0 Å². The van der Waals surface area contributed by atoms with Crippen LogP contribution in [0.4, 0.5) is 11.4 Å². The molecule has 1 N–H and O–H groups in total. The van der Waals surface area contributed by atoms with Crippen molar-refractivity contribution < 1.29 is 9.53 Å². The van der Waals surface area contributed by atoms with E-state index in [1.54, 1.807) is 7.11 Å². The number of benzene rings is 2. The fourth-order valence-electron chi connectivity index (χ4n) is 2.90. The Morgan fingerprint density at radius 3 is 2.57 bits per heavy atom. The molecule has 4 heteroatoms. The number of anilines is 2. The number of hydrogen-bond donors (Lipinski definition) is 1. The minimum Gasteiger partial charge on any atom is -0.497 e. The van der Waals surface area contributed by atoms with Gasteiger partial charge < -0.3 is 15.0 Å². The fourth-order valence-corrected chi connectivity index (χ4v) is 2.90. The van der Waals surface area contributed by atoms with E-state index in [1.165, 1.54) is 18.5 Å². The summed E-state index contributed by atoms with van der Waals surface area (Å²) in [6.45, 7) is 2.25. The summed E-state index contributed by atoms with van der Waals surface area (Å²) in [5, 5.41) is 2.95. The van der Waals surface area contributed by atoms with E-state index in [0.717, 1.165) is 30.1 Å². The zero-order chi connectivity index (χ0) is 16.1. The molecule has 1 saturated heterocycles. The van der Waals surface area contributed by atoms with Gasteiger partial charge in [0.1, 0.15) is 5.75 Å². The van der Waals surface area contributed by atoms with Crippen LogP contribution in [0, 0.1) is 0 Å². The van der Waals surface area contributed by atoms with Crippen LogP contribution in [0.1, 0.15) is 18.4 Å². The first-order valence-corrected chi connectivity index (χ1v) is 8.02. The summed E-state index contributed by atoms with van der Waals surface area (Å²) in [7, 11) is 1.63. The third kappa shape index (κ3) is 4.03. The second-order valence-corrected chi connectivity index (χ2v) is 5.82. The lowest BCUT2D eigenvalue weighted by atomic mass is 10.1. The number of carbonyl (C=O) groups excluding carboxylic acids is 1. The molecule has 0 bridgehead atoms. The summed E-state index contributed by atoms with van der Waals surface area (Å²) < 4.78 is 5.18. The van der Waals surface area contributed by atoms with Crippen LogP contribution in [-0.2, 0) is 11.2 Å². The van der Waals surface area contributed by atoms with E-state index in [2.05, 4.69) is 22.3 Å². The Kier molecular flexibility index (Phi) is 4.81. The molecule has 0 aliphatic carbocycles. The standard InChI is InChI=1S/C19H22N2O2/c1-23-18-6-4-5-15(13-18)14-19(22)20-16-7-9-17(10-8-16)21-11-2-3-12-21/h4-10,13H,2-3,11-12,14H2,1H3,(H,20,22). The first-order chi connectivity index (χ1) is 11.2. The molecule has 0 atom stereocenters. The molecule has 0 unspecified atom stereocenters. The van der Waals surface area contributed by atoms with Crippen LogP contribution in [0.15, 0.2) is 48.5 Å². The minimum atomic E-state index is -0.0211. The molecule has 2 aromatic carbocycles. The summed E-state index contributed by atoms with van der Waals surface area (Å²) in [6.07, 6.45) is 2.86. The minimum absolute atomic E-state index is 0.0211. The predicted molar refractivity (Wildman–Crippen MR) is 93.2 cm³/mol. The lowest BCUT2D eigenvalue weighted by molar-refractivity contribution is -0.115. The van der Waals surface area contributed by atoms with Gasteiger partial charge in [0.25, 0.3) is 0 Å². The van der Waals surface area contributed by atoms with Crippen LogP contribution in [0.25, 0.3) is 0 Å². The quantitative estimate of drug-likeness (QED) is 0.919. The highest BCUT2D eigenvalue weighted by atomic mass is 16.5. The van der Waals surface area contributed by atoms with Gasteiger partial charge in [0, 0.05) is 24.5 Å². The van der Waals surface area contributed by atoms with Crippen molar-refractivity contribution in [2.75, 3.05) is 30.4 Å². The molecule has 120 valence electrons. The Morgan fingerprint density at radius 1 is 1.13 bits per heavy atom. The molecule has 0 aromatic heterocycles. The number of ether oxygens (including phenoxy) is 1. The van der Waals surface area contributed by atoms with Crippen molar-refractivity contribution >= 4 is 17.3 Å². The van der Waals surface area contributed by atoms with Crippen LogP contribution < -0.4 is 15.0 Å². The number of methoxy groups -OCH3 is 1. The second-order valence-electron chi connectivity index (χ2n) is 5.82. The van der Waals surface area contributed by atoms with Crippen molar-refractivity contribution in [3.8, 4) is 5.75 Å². The van der Waals surface area contributed by atoms with Gasteiger partial charge in [-0.05, 0) is 54.8 Å². The maximum absolute atomic E-state index is 12.2. The Balaban J connectivity index is 1.58. The smallest absolute Gasteiger partial charge is 0.228 e. The maximum atomic E-state index is 12.2. The van der Waals surface area contributed by atoms with E-state index >= 15 is 0 Å². The van der Waals surface area contributed by atoms with Gasteiger partial charge in [-0.15, -0.1) is 0 Å². The first-order valence-electron chi connectivity index (χ1n) is 8.02. The highest BCUT2D eigenvalue weighted by Crippen LogP contribution is 2.22. The Hall–Kier alpha value is -2.49. The van der Waals surface area contributed by atoms with Crippen molar-refractivity contribution in [2.24, 2.45) is 0 Å². The molecule has 1 aliphatic rings. The summed E-state index contributed by atoms with van der Waals surface area (Å²) in [5.41, 5.74) is 3.00. The van der Waals surface area contributed by atoms with E-state index in [4.69, 9.17) is 4.74 Å². The second kappa shape index (κ2) is 7.18.